The van der Waals surface area contributed by atoms with Gasteiger partial charge in [-0.3, -0.25) is 4.79 Å². The Kier molecular flexibility index (Phi) is 4.70. The number of hydrogen-bond acceptors (Lipinski definition) is 4. The SMILES string of the molecule is COc1ccc([C@H]2[C@H]3C(=O)c4ccccc4OC[C@H]3[C@@H]2c2ccccc2)c(OC)c1. The minimum Gasteiger partial charge on any atom is -0.497 e. The molecule has 30 heavy (non-hydrogen) atoms. The van der Waals surface area contributed by atoms with E-state index < -0.39 is 0 Å². The molecule has 0 radical (unpaired) electrons. The normalized spacial score (nSPS) is 24.5. The van der Waals surface area contributed by atoms with Crippen molar-refractivity contribution in [1.29, 1.82) is 0 Å². The van der Waals surface area contributed by atoms with Crippen molar-refractivity contribution in [3.05, 3.63) is 89.5 Å². The molecule has 1 fully saturated rings. The van der Waals surface area contributed by atoms with Gasteiger partial charge in [0.25, 0.3) is 0 Å². The van der Waals surface area contributed by atoms with Crippen molar-refractivity contribution < 1.29 is 19.0 Å². The molecule has 3 aromatic carbocycles. The van der Waals surface area contributed by atoms with Gasteiger partial charge in [0.15, 0.2) is 5.78 Å². The van der Waals surface area contributed by atoms with E-state index in [1.807, 2.05) is 48.5 Å². The number of carbonyl (C=O) groups is 1. The average molecular weight is 400 g/mol. The fourth-order valence-corrected chi connectivity index (χ4v) is 5.17. The van der Waals surface area contributed by atoms with Crippen molar-refractivity contribution in [2.45, 2.75) is 11.8 Å². The smallest absolute Gasteiger partial charge is 0.170 e. The highest BCUT2D eigenvalue weighted by atomic mass is 16.5. The zero-order valence-corrected chi connectivity index (χ0v) is 17.1. The first-order valence-corrected chi connectivity index (χ1v) is 10.3. The fraction of sp³-hybridized carbons (Fsp3) is 0.269. The number of hydrogen-bond donors (Lipinski definition) is 0. The molecule has 0 bridgehead atoms. The van der Waals surface area contributed by atoms with Gasteiger partial charge in [0, 0.05) is 23.8 Å². The van der Waals surface area contributed by atoms with Gasteiger partial charge in [-0.25, -0.2) is 0 Å². The second-order valence-electron chi connectivity index (χ2n) is 7.93. The van der Waals surface area contributed by atoms with Crippen LogP contribution < -0.4 is 14.2 Å². The Labute approximate surface area is 176 Å². The zero-order chi connectivity index (χ0) is 20.7. The zero-order valence-electron chi connectivity index (χ0n) is 17.1. The lowest BCUT2D eigenvalue weighted by molar-refractivity contribution is 0.0410. The van der Waals surface area contributed by atoms with Crippen molar-refractivity contribution in [3.8, 4) is 17.2 Å². The van der Waals surface area contributed by atoms with E-state index in [0.717, 1.165) is 17.1 Å². The summed E-state index contributed by atoms with van der Waals surface area (Å²) in [5.41, 5.74) is 2.94. The van der Waals surface area contributed by atoms with Gasteiger partial charge in [0.2, 0.25) is 0 Å². The molecular weight excluding hydrogens is 376 g/mol. The van der Waals surface area contributed by atoms with Crippen molar-refractivity contribution >= 4 is 5.78 Å². The number of carbonyl (C=O) groups excluding carboxylic acids is 1. The van der Waals surface area contributed by atoms with Crippen LogP contribution in [0.2, 0.25) is 0 Å². The van der Waals surface area contributed by atoms with Gasteiger partial charge in [-0.1, -0.05) is 48.5 Å². The summed E-state index contributed by atoms with van der Waals surface area (Å²) in [6.07, 6.45) is 0. The Bertz CT molecular complexity index is 1080. The Morgan fingerprint density at radius 1 is 0.833 bits per heavy atom. The summed E-state index contributed by atoms with van der Waals surface area (Å²) in [6, 6.07) is 23.9. The summed E-state index contributed by atoms with van der Waals surface area (Å²) < 4.78 is 17.2. The summed E-state index contributed by atoms with van der Waals surface area (Å²) in [4.78, 5) is 13.6. The number of rotatable bonds is 4. The van der Waals surface area contributed by atoms with Crippen LogP contribution >= 0.6 is 0 Å². The maximum atomic E-state index is 13.6. The summed E-state index contributed by atoms with van der Waals surface area (Å²) >= 11 is 0. The van der Waals surface area contributed by atoms with E-state index in [9.17, 15) is 4.79 Å². The molecule has 4 nitrogen and oxygen atoms in total. The lowest BCUT2D eigenvalue weighted by atomic mass is 9.51. The first-order chi connectivity index (χ1) is 14.7. The molecule has 0 aromatic heterocycles. The maximum Gasteiger partial charge on any atom is 0.170 e. The molecule has 0 N–H and O–H groups in total. The minimum absolute atomic E-state index is 0.0144. The molecule has 0 unspecified atom stereocenters. The van der Waals surface area contributed by atoms with Gasteiger partial charge in [-0.05, 0) is 35.2 Å². The molecule has 1 saturated carbocycles. The number of fused-ring (bicyclic) bond motifs is 2. The second-order valence-corrected chi connectivity index (χ2v) is 7.93. The minimum atomic E-state index is -0.152. The van der Waals surface area contributed by atoms with Crippen molar-refractivity contribution in [3.63, 3.8) is 0 Å². The third kappa shape index (κ3) is 2.86. The molecule has 3 aromatic rings. The molecule has 0 spiro atoms. The average Bonchev–Trinajstić information content (AvgIpc) is 2.90. The van der Waals surface area contributed by atoms with E-state index in [4.69, 9.17) is 14.2 Å². The van der Waals surface area contributed by atoms with Crippen LogP contribution in [0.5, 0.6) is 17.2 Å². The van der Waals surface area contributed by atoms with Crippen LogP contribution in [0.1, 0.15) is 33.3 Å². The van der Waals surface area contributed by atoms with Crippen LogP contribution in [-0.4, -0.2) is 26.6 Å². The Morgan fingerprint density at radius 3 is 2.37 bits per heavy atom. The first-order valence-electron chi connectivity index (χ1n) is 10.3. The van der Waals surface area contributed by atoms with E-state index >= 15 is 0 Å². The van der Waals surface area contributed by atoms with Gasteiger partial charge in [0.05, 0.1) is 26.4 Å². The largest absolute Gasteiger partial charge is 0.497 e. The molecule has 1 aliphatic heterocycles. The number of ketones is 1. The number of para-hydroxylation sites is 1. The van der Waals surface area contributed by atoms with E-state index in [0.29, 0.717) is 17.9 Å². The lowest BCUT2D eigenvalue weighted by Gasteiger charge is -2.51. The highest BCUT2D eigenvalue weighted by molar-refractivity contribution is 6.02. The summed E-state index contributed by atoms with van der Waals surface area (Å²) in [5, 5.41) is 0. The summed E-state index contributed by atoms with van der Waals surface area (Å²) in [7, 11) is 3.31. The third-order valence-electron chi connectivity index (χ3n) is 6.57. The topological polar surface area (TPSA) is 44.8 Å². The second kappa shape index (κ2) is 7.52. The number of methoxy groups -OCH3 is 2. The highest BCUT2D eigenvalue weighted by Crippen LogP contribution is 2.61. The van der Waals surface area contributed by atoms with E-state index in [1.165, 1.54) is 5.56 Å². The molecule has 5 rings (SSSR count). The lowest BCUT2D eigenvalue weighted by Crippen LogP contribution is -2.49. The van der Waals surface area contributed by atoms with Gasteiger partial charge in [-0.2, -0.15) is 0 Å². The molecule has 0 saturated heterocycles. The third-order valence-corrected chi connectivity index (χ3v) is 6.57. The first kappa shape index (κ1) is 18.7. The summed E-state index contributed by atoms with van der Waals surface area (Å²) in [6.45, 7) is 0.530. The molecule has 4 heteroatoms. The molecule has 2 aliphatic rings. The van der Waals surface area contributed by atoms with Gasteiger partial charge >= 0.3 is 0 Å². The Hall–Kier alpha value is -3.27. The predicted octanol–water partition coefficient (Wildman–Crippen LogP) is 5.09. The van der Waals surface area contributed by atoms with Crippen LogP contribution in [0.25, 0.3) is 0 Å². The quantitative estimate of drug-likeness (QED) is 0.612. The van der Waals surface area contributed by atoms with Crippen LogP contribution in [0.3, 0.4) is 0 Å². The van der Waals surface area contributed by atoms with E-state index in [-0.39, 0.29) is 29.5 Å². The highest BCUT2D eigenvalue weighted by Gasteiger charge is 2.57. The van der Waals surface area contributed by atoms with Crippen LogP contribution in [-0.2, 0) is 0 Å². The van der Waals surface area contributed by atoms with Gasteiger partial charge < -0.3 is 14.2 Å². The van der Waals surface area contributed by atoms with Crippen LogP contribution in [0, 0.1) is 11.8 Å². The van der Waals surface area contributed by atoms with Gasteiger partial charge in [0.1, 0.15) is 17.2 Å². The van der Waals surface area contributed by atoms with Crippen molar-refractivity contribution in [2.24, 2.45) is 11.8 Å². The maximum absolute atomic E-state index is 13.6. The number of benzene rings is 3. The Morgan fingerprint density at radius 2 is 1.60 bits per heavy atom. The molecule has 1 aliphatic carbocycles. The molecular formula is C26H24O4. The van der Waals surface area contributed by atoms with Crippen LogP contribution in [0.4, 0.5) is 0 Å². The van der Waals surface area contributed by atoms with E-state index in [1.54, 1.807) is 14.2 Å². The van der Waals surface area contributed by atoms with Crippen molar-refractivity contribution in [1.82, 2.24) is 0 Å². The number of Topliss-reactive ketones (excluding diaryl/α,β-unsaturated/α-hetero) is 1. The molecule has 1 heterocycles. The standard InChI is InChI=1S/C26H24O4/c1-28-17-12-13-18(22(14-17)29-2)24-23(16-8-4-3-5-9-16)20-15-30-21-11-7-6-10-19(21)26(27)25(20)24/h3-14,20,23-25H,15H2,1-2H3/t20-,23-,24+,25-/m0/s1. The fourth-order valence-electron chi connectivity index (χ4n) is 5.17. The number of ether oxygens (including phenoxy) is 3. The molecule has 0 amide bonds. The molecule has 4 atom stereocenters. The molecule has 152 valence electrons. The van der Waals surface area contributed by atoms with Crippen molar-refractivity contribution in [2.75, 3.05) is 20.8 Å². The van der Waals surface area contributed by atoms with E-state index in [2.05, 4.69) is 24.3 Å². The van der Waals surface area contributed by atoms with Crippen LogP contribution in [0.15, 0.2) is 72.8 Å². The Balaban J connectivity index is 1.64. The summed E-state index contributed by atoms with van der Waals surface area (Å²) in [5.74, 6) is 2.49. The predicted molar refractivity (Wildman–Crippen MR) is 115 cm³/mol. The van der Waals surface area contributed by atoms with Gasteiger partial charge in [-0.15, -0.1) is 0 Å². The monoisotopic (exact) mass is 400 g/mol.